The second-order valence-electron chi connectivity index (χ2n) is 0. The molecule has 4 heteroatoms. The second-order valence-corrected chi connectivity index (χ2v) is 0. The molecule has 4 heavy (non-hydrogen) atoms. The predicted molar refractivity (Wildman–Crippen MR) is 6.44 cm³/mol. The molecule has 3 radical (unpaired) electrons. The molecule has 0 saturated carbocycles. The SMILES string of the molecule is [Mn].[O]=[Sn].[Ru]. The fraction of sp³-hybridized carbons (Fsp3) is 0. The van der Waals surface area contributed by atoms with Crippen LogP contribution in [0.1, 0.15) is 0 Å². The van der Waals surface area contributed by atoms with Crippen LogP contribution in [0.4, 0.5) is 0 Å². The maximum Gasteiger partial charge on any atom is 0 e. The zero-order valence-corrected chi connectivity index (χ0v) is 7.41. The Balaban J connectivity index is -0.00000000500. The molecule has 0 aliphatic rings. The standard InChI is InChI=1S/Mn.O.Ru.Sn. The van der Waals surface area contributed by atoms with Crippen molar-refractivity contribution in [3.63, 3.8) is 0 Å². The van der Waals surface area contributed by atoms with Gasteiger partial charge in [0.05, 0.1) is 0 Å². The van der Waals surface area contributed by atoms with Crippen molar-refractivity contribution < 1.29 is 39.6 Å². The summed E-state index contributed by atoms with van der Waals surface area (Å²) in [7, 11) is 0. The van der Waals surface area contributed by atoms with Crippen LogP contribution in [0.25, 0.3) is 0 Å². The summed E-state index contributed by atoms with van der Waals surface area (Å²) in [6, 6.07) is 0. The predicted octanol–water partition coefficient (Wildman–Crippen LogP) is -0.505. The first-order valence-electron chi connectivity index (χ1n) is 0.204. The fourth-order valence-electron chi connectivity index (χ4n) is 0. The fourth-order valence-corrected chi connectivity index (χ4v) is 0. The minimum Gasteiger partial charge on any atom is 0 e. The van der Waals surface area contributed by atoms with Gasteiger partial charge in [-0.05, 0) is 0 Å². The molecule has 0 fully saturated rings. The summed E-state index contributed by atoms with van der Waals surface area (Å²) < 4.78 is 8.34. The molecule has 0 N–H and O–H groups in total. The molecule has 1 nitrogen and oxygen atoms in total. The number of hydrogen-bond acceptors (Lipinski definition) is 1. The van der Waals surface area contributed by atoms with Crippen molar-refractivity contribution in [2.45, 2.75) is 0 Å². The van der Waals surface area contributed by atoms with Crippen molar-refractivity contribution in [2.75, 3.05) is 0 Å². The van der Waals surface area contributed by atoms with Gasteiger partial charge in [-0.25, -0.2) is 0 Å². The third-order valence-corrected chi connectivity index (χ3v) is 0. The first-order chi connectivity index (χ1) is 1.00. The van der Waals surface area contributed by atoms with Crippen molar-refractivity contribution >= 4 is 22.5 Å². The Kier molecular flexibility index (Phi) is 94.0. The van der Waals surface area contributed by atoms with E-state index in [-0.39, 0.29) is 36.5 Å². The molecule has 0 aliphatic heterocycles. The van der Waals surface area contributed by atoms with E-state index in [0.717, 1.165) is 0 Å². The molecule has 0 bridgehead atoms. The minimum absolute atomic E-state index is 0. The summed E-state index contributed by atoms with van der Waals surface area (Å²) in [5, 5.41) is 0. The molecule has 25 valence electrons. The van der Waals surface area contributed by atoms with Gasteiger partial charge in [-0.3, -0.25) is 0 Å². The van der Waals surface area contributed by atoms with Crippen LogP contribution in [0.15, 0.2) is 0 Å². The molecule has 0 atom stereocenters. The van der Waals surface area contributed by atoms with Gasteiger partial charge in [-0.1, -0.05) is 0 Å². The van der Waals surface area contributed by atoms with E-state index >= 15 is 0 Å². The third kappa shape index (κ3) is 9.27. The van der Waals surface area contributed by atoms with E-state index in [1.165, 1.54) is 0 Å². The van der Waals surface area contributed by atoms with Crippen molar-refractivity contribution in [3.05, 3.63) is 0 Å². The Morgan fingerprint density at radius 3 is 1.25 bits per heavy atom. The molecular formula is MnORuSn. The average molecular weight is 291 g/mol. The molecule has 0 aromatic rings. The van der Waals surface area contributed by atoms with Gasteiger partial charge in [0.15, 0.2) is 0 Å². The van der Waals surface area contributed by atoms with E-state index in [1.54, 1.807) is 0 Å². The normalized spacial score (nSPS) is 1.00. The van der Waals surface area contributed by atoms with E-state index in [4.69, 9.17) is 3.08 Å². The first-order valence-corrected chi connectivity index (χ1v) is 1.37. The van der Waals surface area contributed by atoms with Gasteiger partial charge in [0.2, 0.25) is 0 Å². The minimum atomic E-state index is 0. The summed E-state index contributed by atoms with van der Waals surface area (Å²) in [5.74, 6) is 0. The monoisotopic (exact) mass is 293 g/mol. The molecule has 0 unspecified atom stereocenters. The van der Waals surface area contributed by atoms with Crippen LogP contribution in [0.3, 0.4) is 0 Å². The number of hydrogen-bond donors (Lipinski definition) is 0. The summed E-state index contributed by atoms with van der Waals surface area (Å²) in [4.78, 5) is 0. The van der Waals surface area contributed by atoms with E-state index in [2.05, 4.69) is 0 Å². The quantitative estimate of drug-likeness (QED) is 0.550. The summed E-state index contributed by atoms with van der Waals surface area (Å²) in [6.45, 7) is 0. The van der Waals surface area contributed by atoms with E-state index in [1.807, 2.05) is 0 Å². The molecule has 0 aliphatic carbocycles. The van der Waals surface area contributed by atoms with E-state index < -0.39 is 0 Å². The molecular weight excluding hydrogens is 291 g/mol. The molecule has 0 aromatic heterocycles. The van der Waals surface area contributed by atoms with Crippen molar-refractivity contribution in [2.24, 2.45) is 0 Å². The largest absolute Gasteiger partial charge is 0 e. The van der Waals surface area contributed by atoms with E-state index in [9.17, 15) is 0 Å². The first kappa shape index (κ1) is 17.2. The van der Waals surface area contributed by atoms with Crippen molar-refractivity contribution in [3.8, 4) is 0 Å². The van der Waals surface area contributed by atoms with Crippen molar-refractivity contribution in [1.82, 2.24) is 0 Å². The Morgan fingerprint density at radius 2 is 1.25 bits per heavy atom. The van der Waals surface area contributed by atoms with Crippen LogP contribution in [0.2, 0.25) is 0 Å². The van der Waals surface area contributed by atoms with Gasteiger partial charge in [-0.15, -0.1) is 0 Å². The van der Waals surface area contributed by atoms with Gasteiger partial charge >= 0.3 is 25.6 Å². The van der Waals surface area contributed by atoms with Gasteiger partial charge in [0.25, 0.3) is 0 Å². The Bertz CT molecular complexity index is 8.00. The van der Waals surface area contributed by atoms with Crippen molar-refractivity contribution in [1.29, 1.82) is 0 Å². The molecule has 0 saturated heterocycles. The van der Waals surface area contributed by atoms with Gasteiger partial charge in [0, 0.05) is 36.5 Å². The van der Waals surface area contributed by atoms with Crippen LogP contribution in [-0.2, 0) is 39.6 Å². The molecule has 0 spiro atoms. The Hall–Kier alpha value is 1.74. The number of rotatable bonds is 0. The van der Waals surface area contributed by atoms with Gasteiger partial charge in [0.1, 0.15) is 0 Å². The molecule has 0 amide bonds. The summed E-state index contributed by atoms with van der Waals surface area (Å²) >= 11 is 0.300. The smallest absolute Gasteiger partial charge is 0 e. The van der Waals surface area contributed by atoms with Crippen LogP contribution in [0.5, 0.6) is 0 Å². The van der Waals surface area contributed by atoms with Crippen LogP contribution in [0, 0.1) is 0 Å². The molecule has 0 aromatic carbocycles. The van der Waals surface area contributed by atoms with E-state index in [0.29, 0.717) is 22.5 Å². The third-order valence-electron chi connectivity index (χ3n) is 0. The Labute approximate surface area is 61.6 Å². The molecule has 0 rings (SSSR count). The van der Waals surface area contributed by atoms with Gasteiger partial charge in [-0.2, -0.15) is 0 Å². The zero-order chi connectivity index (χ0) is 2.00. The summed E-state index contributed by atoms with van der Waals surface area (Å²) in [6.07, 6.45) is 0. The van der Waals surface area contributed by atoms with Crippen LogP contribution < -0.4 is 0 Å². The average Bonchev–Trinajstić information content (AvgIpc) is 1.00. The van der Waals surface area contributed by atoms with Crippen LogP contribution in [-0.4, -0.2) is 22.5 Å². The maximum atomic E-state index is 8.34. The maximum absolute atomic E-state index is 8.34. The zero-order valence-electron chi connectivity index (χ0n) is 1.64. The van der Waals surface area contributed by atoms with Crippen LogP contribution >= 0.6 is 0 Å². The van der Waals surface area contributed by atoms with Gasteiger partial charge < -0.3 is 0 Å². The molecule has 0 heterocycles. The Morgan fingerprint density at radius 1 is 1.25 bits per heavy atom. The second kappa shape index (κ2) is 21.9. The topological polar surface area (TPSA) is 17.1 Å². The summed E-state index contributed by atoms with van der Waals surface area (Å²) in [5.41, 5.74) is 0.